The molecule has 2 aromatic rings. The summed E-state index contributed by atoms with van der Waals surface area (Å²) in [6.45, 7) is 10.2. The van der Waals surface area contributed by atoms with Gasteiger partial charge in [0.2, 0.25) is 5.60 Å². The summed E-state index contributed by atoms with van der Waals surface area (Å²) in [6, 6.07) is 15.1. The van der Waals surface area contributed by atoms with Gasteiger partial charge in [-0.1, -0.05) is 42.5 Å². The maximum atomic E-state index is 6.10. The van der Waals surface area contributed by atoms with Crippen LogP contribution in [-0.4, -0.2) is 18.3 Å². The molecule has 2 nitrogen and oxygen atoms in total. The van der Waals surface area contributed by atoms with Crippen LogP contribution in [-0.2, 0) is 15.7 Å². The first-order valence-electron chi connectivity index (χ1n) is 7.79. The molecule has 1 aliphatic heterocycles. The van der Waals surface area contributed by atoms with Gasteiger partial charge in [-0.25, -0.2) is 0 Å². The lowest BCUT2D eigenvalue weighted by Gasteiger charge is -2.25. The maximum absolute atomic E-state index is 6.10. The monoisotopic (exact) mass is 291 g/mol. The molecule has 0 N–H and O–H groups in total. The van der Waals surface area contributed by atoms with Crippen LogP contribution < -0.4 is 5.46 Å². The molecule has 1 aliphatic carbocycles. The number of fused-ring (bicyclic) bond motifs is 3. The topological polar surface area (TPSA) is 18.5 Å². The summed E-state index contributed by atoms with van der Waals surface area (Å²) in [7, 11) is -0.341. The second kappa shape index (κ2) is 4.40. The van der Waals surface area contributed by atoms with E-state index in [4.69, 9.17) is 9.31 Å². The Balaban J connectivity index is 1.69. The molecule has 1 fully saturated rings. The highest BCUT2D eigenvalue weighted by Crippen LogP contribution is 2.38. The molecule has 0 radical (unpaired) electrons. The van der Waals surface area contributed by atoms with E-state index in [0.29, 0.717) is 0 Å². The molecule has 0 amide bonds. The first-order valence-corrected chi connectivity index (χ1v) is 7.79. The molecular weight excluding hydrogens is 271 g/mol. The molecule has 0 aromatic heterocycles. The lowest BCUT2D eigenvalue weighted by Crippen LogP contribution is -2.42. The SMILES string of the molecule is [CH2+]C1(C)OB(c2ccc3c(c2)Cc2ccccc2-3)OC1(C)C. The van der Waals surface area contributed by atoms with Crippen molar-refractivity contribution in [2.75, 3.05) is 0 Å². The number of hydrogen-bond acceptors (Lipinski definition) is 2. The van der Waals surface area contributed by atoms with Crippen LogP contribution >= 0.6 is 0 Å². The van der Waals surface area contributed by atoms with E-state index in [1.54, 1.807) is 0 Å². The van der Waals surface area contributed by atoms with Crippen LogP contribution in [0.2, 0.25) is 0 Å². The average molecular weight is 291 g/mol. The van der Waals surface area contributed by atoms with Gasteiger partial charge in [-0.2, -0.15) is 0 Å². The second-order valence-corrected chi connectivity index (χ2v) is 7.06. The van der Waals surface area contributed by atoms with Gasteiger partial charge in [-0.15, -0.1) is 0 Å². The van der Waals surface area contributed by atoms with Crippen molar-refractivity contribution in [1.82, 2.24) is 0 Å². The Labute approximate surface area is 132 Å². The second-order valence-electron chi connectivity index (χ2n) is 7.06. The van der Waals surface area contributed by atoms with Crippen LogP contribution in [0.3, 0.4) is 0 Å². The van der Waals surface area contributed by atoms with Crippen molar-refractivity contribution in [2.45, 2.75) is 38.4 Å². The minimum atomic E-state index is -0.542. The van der Waals surface area contributed by atoms with Gasteiger partial charge in [0, 0.05) is 6.92 Å². The Kier molecular flexibility index (Phi) is 2.79. The molecule has 2 aromatic carbocycles. The smallest absolute Gasteiger partial charge is 0.395 e. The van der Waals surface area contributed by atoms with Gasteiger partial charge in [-0.3, -0.25) is 0 Å². The van der Waals surface area contributed by atoms with E-state index >= 15 is 0 Å². The molecule has 1 saturated heterocycles. The molecule has 1 heterocycles. The van der Waals surface area contributed by atoms with Crippen molar-refractivity contribution in [3.63, 3.8) is 0 Å². The Bertz CT molecular complexity index is 733. The van der Waals surface area contributed by atoms with E-state index in [9.17, 15) is 0 Å². The van der Waals surface area contributed by atoms with Crippen molar-refractivity contribution in [2.24, 2.45) is 0 Å². The highest BCUT2D eigenvalue weighted by Gasteiger charge is 2.57. The molecule has 0 bridgehead atoms. The van der Waals surface area contributed by atoms with Crippen molar-refractivity contribution in [3.8, 4) is 11.1 Å². The summed E-state index contributed by atoms with van der Waals surface area (Å²) < 4.78 is 12.2. The fraction of sp³-hybridized carbons (Fsp3) is 0.316. The fourth-order valence-electron chi connectivity index (χ4n) is 3.24. The third-order valence-corrected chi connectivity index (χ3v) is 5.13. The average Bonchev–Trinajstić information content (AvgIpc) is 2.93. The standard InChI is InChI=1S/C19H20BO2/c1-18(2)19(3,4)22-20(21-18)15-9-10-17-14(12-15)11-13-7-5-6-8-16(13)17/h5-10,12H,1,11H2,2-4H3/q+1. The number of hydrogen-bond donors (Lipinski definition) is 0. The van der Waals surface area contributed by atoms with E-state index in [1.165, 1.54) is 22.3 Å². The van der Waals surface area contributed by atoms with Gasteiger partial charge in [0.15, 0.2) is 0 Å². The Morgan fingerprint density at radius 3 is 2.41 bits per heavy atom. The molecule has 22 heavy (non-hydrogen) atoms. The molecule has 4 rings (SSSR count). The molecule has 1 atom stereocenters. The van der Waals surface area contributed by atoms with Gasteiger partial charge in [-0.05, 0) is 48.0 Å². The summed E-state index contributed by atoms with van der Waals surface area (Å²) in [5, 5.41) is 0. The van der Waals surface area contributed by atoms with Crippen molar-refractivity contribution < 1.29 is 9.31 Å². The summed E-state index contributed by atoms with van der Waals surface area (Å²) in [6.07, 6.45) is 0.983. The van der Waals surface area contributed by atoms with Crippen LogP contribution in [0.5, 0.6) is 0 Å². The van der Waals surface area contributed by atoms with E-state index in [-0.39, 0.29) is 7.12 Å². The first-order chi connectivity index (χ1) is 10.4. The minimum absolute atomic E-state index is 0.341. The van der Waals surface area contributed by atoms with Gasteiger partial charge >= 0.3 is 7.12 Å². The zero-order valence-electron chi connectivity index (χ0n) is 13.3. The Morgan fingerprint density at radius 1 is 0.955 bits per heavy atom. The highest BCUT2D eigenvalue weighted by molar-refractivity contribution is 6.62. The molecule has 110 valence electrons. The lowest BCUT2D eigenvalue weighted by molar-refractivity contribution is 0.0262. The number of benzene rings is 2. The van der Waals surface area contributed by atoms with Crippen molar-refractivity contribution >= 4 is 12.6 Å². The van der Waals surface area contributed by atoms with Gasteiger partial charge in [0.1, 0.15) is 5.60 Å². The summed E-state index contributed by atoms with van der Waals surface area (Å²) in [5.74, 6) is 0. The summed E-state index contributed by atoms with van der Waals surface area (Å²) >= 11 is 0. The fourth-order valence-corrected chi connectivity index (χ4v) is 3.24. The molecule has 1 unspecified atom stereocenters. The predicted octanol–water partition coefficient (Wildman–Crippen LogP) is 3.37. The van der Waals surface area contributed by atoms with Crippen molar-refractivity contribution in [1.29, 1.82) is 0 Å². The largest absolute Gasteiger partial charge is 0.498 e. The molecular formula is C19H20BO2+. The van der Waals surface area contributed by atoms with E-state index in [2.05, 4.69) is 49.4 Å². The maximum Gasteiger partial charge on any atom is 0.498 e. The van der Waals surface area contributed by atoms with E-state index in [0.717, 1.165) is 11.9 Å². The molecule has 3 heteroatoms. The molecule has 0 spiro atoms. The quantitative estimate of drug-likeness (QED) is 0.505. The summed E-state index contributed by atoms with van der Waals surface area (Å²) in [5.41, 5.74) is 5.55. The third kappa shape index (κ3) is 1.93. The van der Waals surface area contributed by atoms with Crippen LogP contribution in [0.25, 0.3) is 11.1 Å². The van der Waals surface area contributed by atoms with Gasteiger partial charge in [0.25, 0.3) is 0 Å². The van der Waals surface area contributed by atoms with E-state index in [1.807, 2.05) is 20.8 Å². The minimum Gasteiger partial charge on any atom is -0.395 e. The lowest BCUT2D eigenvalue weighted by atomic mass is 9.78. The number of rotatable bonds is 1. The van der Waals surface area contributed by atoms with Crippen LogP contribution in [0, 0.1) is 6.92 Å². The molecule has 0 saturated carbocycles. The third-order valence-electron chi connectivity index (χ3n) is 5.13. The Hall–Kier alpha value is -1.71. The van der Waals surface area contributed by atoms with Gasteiger partial charge < -0.3 is 9.31 Å². The van der Waals surface area contributed by atoms with Crippen LogP contribution in [0.1, 0.15) is 31.9 Å². The predicted molar refractivity (Wildman–Crippen MR) is 90.1 cm³/mol. The summed E-state index contributed by atoms with van der Waals surface area (Å²) in [4.78, 5) is 0. The highest BCUT2D eigenvalue weighted by atomic mass is 16.7. The van der Waals surface area contributed by atoms with Crippen LogP contribution in [0.15, 0.2) is 42.5 Å². The van der Waals surface area contributed by atoms with Crippen LogP contribution in [0.4, 0.5) is 0 Å². The van der Waals surface area contributed by atoms with Crippen molar-refractivity contribution in [3.05, 3.63) is 60.5 Å². The van der Waals surface area contributed by atoms with Gasteiger partial charge in [0.05, 0.1) is 6.92 Å². The molecule has 2 aliphatic rings. The van der Waals surface area contributed by atoms with E-state index < -0.39 is 11.2 Å². The zero-order chi connectivity index (χ0) is 15.5. The first kappa shape index (κ1) is 13.9. The Morgan fingerprint density at radius 2 is 1.68 bits per heavy atom. The normalized spacial score (nSPS) is 25.1. The zero-order valence-corrected chi connectivity index (χ0v) is 13.3.